The summed E-state index contributed by atoms with van der Waals surface area (Å²) in [6.07, 6.45) is 10.5. The molecular weight excluding hydrogens is 186 g/mol. The average Bonchev–Trinajstić information content (AvgIpc) is 2.78. The van der Waals surface area contributed by atoms with E-state index in [1.54, 1.807) is 10.9 Å². The van der Waals surface area contributed by atoms with Crippen LogP contribution in [0, 0.1) is 0 Å². The van der Waals surface area contributed by atoms with Crippen molar-refractivity contribution in [1.82, 2.24) is 9.78 Å². The van der Waals surface area contributed by atoms with E-state index < -0.39 is 0 Å². The van der Waals surface area contributed by atoms with Gasteiger partial charge < -0.3 is 0 Å². The molecule has 0 spiro atoms. The van der Waals surface area contributed by atoms with Crippen LogP contribution < -0.4 is 0 Å². The second kappa shape index (κ2) is 5.96. The Kier molecular flexibility index (Phi) is 4.54. The molecule has 15 heavy (non-hydrogen) atoms. The second-order valence-electron chi connectivity index (χ2n) is 3.07. The van der Waals surface area contributed by atoms with E-state index in [0.717, 1.165) is 12.2 Å². The standard InChI is InChI=1S/C12H17N3/c1-4-11(5-2)10-13-12(6-3)15-9-7-8-14-15/h4,6-10H,5H2,1-3H3/b11-4-,12-6+,13-10+. The number of aromatic nitrogens is 2. The summed E-state index contributed by atoms with van der Waals surface area (Å²) in [5.41, 5.74) is 1.22. The molecule has 0 fully saturated rings. The Labute approximate surface area is 90.8 Å². The summed E-state index contributed by atoms with van der Waals surface area (Å²) in [4.78, 5) is 4.39. The van der Waals surface area contributed by atoms with Gasteiger partial charge in [0.15, 0.2) is 0 Å². The highest BCUT2D eigenvalue weighted by atomic mass is 15.3. The third-order valence-electron chi connectivity index (χ3n) is 2.14. The number of rotatable bonds is 4. The lowest BCUT2D eigenvalue weighted by atomic mass is 10.2. The molecule has 0 aliphatic rings. The molecule has 0 saturated carbocycles. The highest BCUT2D eigenvalue weighted by molar-refractivity contribution is 5.81. The SMILES string of the molecule is C\C=C(/C=N/C(=C\C)n1cccn1)CC. The molecule has 0 aromatic carbocycles. The molecule has 0 amide bonds. The molecule has 0 bridgehead atoms. The maximum absolute atomic E-state index is 4.39. The Morgan fingerprint density at radius 1 is 1.40 bits per heavy atom. The lowest BCUT2D eigenvalue weighted by molar-refractivity contribution is 0.886. The number of allylic oxidation sites excluding steroid dienone is 3. The van der Waals surface area contributed by atoms with E-state index in [9.17, 15) is 0 Å². The highest BCUT2D eigenvalue weighted by Gasteiger charge is 1.95. The van der Waals surface area contributed by atoms with Crippen LogP contribution in [0.2, 0.25) is 0 Å². The minimum atomic E-state index is 0.841. The van der Waals surface area contributed by atoms with Crippen molar-refractivity contribution in [2.24, 2.45) is 4.99 Å². The molecule has 3 heteroatoms. The molecule has 1 aromatic rings. The molecule has 0 aliphatic heterocycles. The molecule has 0 unspecified atom stereocenters. The Morgan fingerprint density at radius 3 is 2.67 bits per heavy atom. The first kappa shape index (κ1) is 11.4. The topological polar surface area (TPSA) is 30.2 Å². The summed E-state index contributed by atoms with van der Waals surface area (Å²) in [5.74, 6) is 0.841. The maximum atomic E-state index is 4.39. The first-order valence-corrected chi connectivity index (χ1v) is 5.17. The van der Waals surface area contributed by atoms with Crippen molar-refractivity contribution < 1.29 is 0 Å². The van der Waals surface area contributed by atoms with Crippen LogP contribution in [0.25, 0.3) is 5.82 Å². The number of hydrogen-bond acceptors (Lipinski definition) is 2. The van der Waals surface area contributed by atoms with Gasteiger partial charge in [-0.2, -0.15) is 5.10 Å². The third kappa shape index (κ3) is 3.20. The van der Waals surface area contributed by atoms with E-state index in [1.807, 2.05) is 38.4 Å². The van der Waals surface area contributed by atoms with Crippen molar-refractivity contribution in [3.05, 3.63) is 36.2 Å². The maximum Gasteiger partial charge on any atom is 0.148 e. The van der Waals surface area contributed by atoms with E-state index >= 15 is 0 Å². The summed E-state index contributed by atoms with van der Waals surface area (Å²) in [6, 6.07) is 1.88. The van der Waals surface area contributed by atoms with Gasteiger partial charge in [-0.1, -0.05) is 13.0 Å². The van der Waals surface area contributed by atoms with Crippen LogP contribution in [0.1, 0.15) is 27.2 Å². The molecule has 0 aliphatic carbocycles. The fourth-order valence-corrected chi connectivity index (χ4v) is 1.19. The Bertz CT molecular complexity index is 370. The van der Waals surface area contributed by atoms with Crippen molar-refractivity contribution >= 4 is 12.0 Å². The molecule has 1 heterocycles. The van der Waals surface area contributed by atoms with Crippen molar-refractivity contribution in [2.75, 3.05) is 0 Å². The van der Waals surface area contributed by atoms with E-state index in [-0.39, 0.29) is 0 Å². The number of nitrogens with zero attached hydrogens (tertiary/aromatic N) is 3. The van der Waals surface area contributed by atoms with E-state index in [2.05, 4.69) is 23.1 Å². The molecule has 80 valence electrons. The lowest BCUT2D eigenvalue weighted by Crippen LogP contribution is -1.95. The molecule has 1 rings (SSSR count). The Morgan fingerprint density at radius 2 is 2.20 bits per heavy atom. The van der Waals surface area contributed by atoms with Crippen molar-refractivity contribution in [3.63, 3.8) is 0 Å². The van der Waals surface area contributed by atoms with Gasteiger partial charge in [-0.25, -0.2) is 9.67 Å². The summed E-state index contributed by atoms with van der Waals surface area (Å²) in [6.45, 7) is 6.09. The van der Waals surface area contributed by atoms with Gasteiger partial charge in [-0.3, -0.25) is 0 Å². The lowest BCUT2D eigenvalue weighted by Gasteiger charge is -2.00. The fraction of sp³-hybridized carbons (Fsp3) is 0.333. The molecular formula is C12H17N3. The van der Waals surface area contributed by atoms with Gasteiger partial charge in [0, 0.05) is 18.6 Å². The Balaban J connectivity index is 2.80. The summed E-state index contributed by atoms with van der Waals surface area (Å²) in [5, 5.41) is 4.13. The van der Waals surface area contributed by atoms with Crippen LogP contribution in [-0.4, -0.2) is 16.0 Å². The van der Waals surface area contributed by atoms with E-state index in [4.69, 9.17) is 0 Å². The smallest absolute Gasteiger partial charge is 0.148 e. The second-order valence-corrected chi connectivity index (χ2v) is 3.07. The molecule has 3 nitrogen and oxygen atoms in total. The number of hydrogen-bond donors (Lipinski definition) is 0. The van der Waals surface area contributed by atoms with Crippen molar-refractivity contribution in [2.45, 2.75) is 27.2 Å². The van der Waals surface area contributed by atoms with E-state index in [1.165, 1.54) is 5.57 Å². The van der Waals surface area contributed by atoms with Gasteiger partial charge in [0.05, 0.1) is 0 Å². The largest absolute Gasteiger partial charge is 0.237 e. The number of aliphatic imine (C=N–C) groups is 1. The van der Waals surface area contributed by atoms with Crippen LogP contribution in [0.3, 0.4) is 0 Å². The molecule has 1 aromatic heterocycles. The molecule has 0 radical (unpaired) electrons. The molecule has 0 saturated heterocycles. The van der Waals surface area contributed by atoms with Crippen LogP contribution in [0.5, 0.6) is 0 Å². The summed E-state index contributed by atoms with van der Waals surface area (Å²) < 4.78 is 1.75. The zero-order valence-corrected chi connectivity index (χ0v) is 9.51. The average molecular weight is 203 g/mol. The molecule has 0 atom stereocenters. The quantitative estimate of drug-likeness (QED) is 0.691. The monoisotopic (exact) mass is 203 g/mol. The normalized spacial score (nSPS) is 13.8. The predicted octanol–water partition coefficient (Wildman–Crippen LogP) is 3.13. The zero-order chi connectivity index (χ0) is 11.1. The summed E-state index contributed by atoms with van der Waals surface area (Å²) >= 11 is 0. The van der Waals surface area contributed by atoms with Crippen LogP contribution in [-0.2, 0) is 0 Å². The van der Waals surface area contributed by atoms with Gasteiger partial charge in [0.1, 0.15) is 5.82 Å². The van der Waals surface area contributed by atoms with E-state index in [0.29, 0.717) is 0 Å². The highest BCUT2D eigenvalue weighted by Crippen LogP contribution is 2.05. The first-order valence-electron chi connectivity index (χ1n) is 5.17. The Hall–Kier alpha value is -1.64. The first-order chi connectivity index (χ1) is 7.31. The minimum absolute atomic E-state index is 0.841. The molecule has 0 N–H and O–H groups in total. The van der Waals surface area contributed by atoms with Gasteiger partial charge in [0.2, 0.25) is 0 Å². The minimum Gasteiger partial charge on any atom is -0.237 e. The fourth-order valence-electron chi connectivity index (χ4n) is 1.19. The van der Waals surface area contributed by atoms with Gasteiger partial charge >= 0.3 is 0 Å². The van der Waals surface area contributed by atoms with Crippen LogP contribution in [0.4, 0.5) is 0 Å². The van der Waals surface area contributed by atoms with Crippen LogP contribution >= 0.6 is 0 Å². The zero-order valence-electron chi connectivity index (χ0n) is 9.51. The van der Waals surface area contributed by atoms with Gasteiger partial charge in [0.25, 0.3) is 0 Å². The van der Waals surface area contributed by atoms with Gasteiger partial charge in [-0.05, 0) is 38.0 Å². The summed E-state index contributed by atoms with van der Waals surface area (Å²) in [7, 11) is 0. The van der Waals surface area contributed by atoms with Crippen LogP contribution in [0.15, 0.2) is 41.2 Å². The third-order valence-corrected chi connectivity index (χ3v) is 2.14. The predicted molar refractivity (Wildman–Crippen MR) is 64.7 cm³/mol. The van der Waals surface area contributed by atoms with Crippen molar-refractivity contribution in [3.8, 4) is 0 Å². The van der Waals surface area contributed by atoms with Crippen molar-refractivity contribution in [1.29, 1.82) is 0 Å². The van der Waals surface area contributed by atoms with Gasteiger partial charge in [-0.15, -0.1) is 0 Å².